The Balaban J connectivity index is 2.20. The first-order chi connectivity index (χ1) is 8.16. The van der Waals surface area contributed by atoms with Gasteiger partial charge in [-0.2, -0.15) is 0 Å². The Bertz CT molecular complexity index is 555. The van der Waals surface area contributed by atoms with Gasteiger partial charge in [-0.25, -0.2) is 4.98 Å². The first-order valence-electron chi connectivity index (χ1n) is 4.97. The molecule has 5 heteroatoms. The number of amides is 1. The largest absolute Gasteiger partial charge is 0.505 e. The lowest BCUT2D eigenvalue weighted by molar-refractivity contribution is 0.101. The van der Waals surface area contributed by atoms with Gasteiger partial charge in [-0.05, 0) is 30.3 Å². The summed E-state index contributed by atoms with van der Waals surface area (Å²) in [7, 11) is 0. The molecule has 5 nitrogen and oxygen atoms in total. The van der Waals surface area contributed by atoms with Crippen LogP contribution in [0.2, 0.25) is 0 Å². The molecule has 1 amide bonds. The number of pyridine rings is 1. The number of nitrogen functional groups attached to an aromatic ring is 1. The molecule has 1 heterocycles. The molecule has 86 valence electrons. The van der Waals surface area contributed by atoms with Crippen LogP contribution in [0.25, 0.3) is 0 Å². The lowest BCUT2D eigenvalue weighted by Gasteiger charge is -2.06. The molecule has 0 saturated heterocycles. The molecule has 17 heavy (non-hydrogen) atoms. The van der Waals surface area contributed by atoms with E-state index in [9.17, 15) is 9.90 Å². The van der Waals surface area contributed by atoms with Crippen molar-refractivity contribution in [3.05, 3.63) is 48.3 Å². The van der Waals surface area contributed by atoms with E-state index in [2.05, 4.69) is 10.3 Å². The molecule has 0 spiro atoms. The zero-order chi connectivity index (χ0) is 12.3. The Morgan fingerprint density at radius 1 is 1.29 bits per heavy atom. The smallest absolute Gasteiger partial charge is 0.278 e. The molecule has 0 unspecified atom stereocenters. The Labute approximate surface area is 97.9 Å². The van der Waals surface area contributed by atoms with E-state index in [0.29, 0.717) is 11.4 Å². The molecular weight excluding hydrogens is 218 g/mol. The number of hydrogen-bond acceptors (Lipinski definition) is 4. The summed E-state index contributed by atoms with van der Waals surface area (Å²) in [5.41, 5.74) is 6.67. The topological polar surface area (TPSA) is 88.2 Å². The highest BCUT2D eigenvalue weighted by Crippen LogP contribution is 2.16. The third-order valence-electron chi connectivity index (χ3n) is 2.15. The van der Waals surface area contributed by atoms with Gasteiger partial charge in [0.2, 0.25) is 0 Å². The highest BCUT2D eigenvalue weighted by atomic mass is 16.3. The van der Waals surface area contributed by atoms with Crippen LogP contribution >= 0.6 is 0 Å². The third-order valence-corrected chi connectivity index (χ3v) is 2.15. The Kier molecular flexibility index (Phi) is 2.91. The van der Waals surface area contributed by atoms with E-state index in [1.54, 1.807) is 30.3 Å². The van der Waals surface area contributed by atoms with Gasteiger partial charge < -0.3 is 16.2 Å². The Hall–Kier alpha value is -2.56. The molecule has 1 aromatic carbocycles. The van der Waals surface area contributed by atoms with E-state index in [4.69, 9.17) is 5.73 Å². The predicted octanol–water partition coefficient (Wildman–Crippen LogP) is 1.62. The van der Waals surface area contributed by atoms with Gasteiger partial charge in [0.25, 0.3) is 5.91 Å². The summed E-state index contributed by atoms with van der Waals surface area (Å²) >= 11 is 0. The van der Waals surface area contributed by atoms with Crippen LogP contribution in [0.5, 0.6) is 5.75 Å². The van der Waals surface area contributed by atoms with Crippen LogP contribution in [0.4, 0.5) is 11.4 Å². The standard InChI is InChI=1S/C12H11N3O2/c13-8-3-1-4-9(7-8)15-12(17)11-10(16)5-2-6-14-11/h1-7,16H,13H2,(H,15,17). The molecule has 0 atom stereocenters. The summed E-state index contributed by atoms with van der Waals surface area (Å²) in [6.45, 7) is 0. The number of nitrogens with two attached hydrogens (primary N) is 1. The molecule has 0 fully saturated rings. The number of benzene rings is 1. The first kappa shape index (κ1) is 10.9. The third kappa shape index (κ3) is 2.52. The van der Waals surface area contributed by atoms with Gasteiger partial charge in [-0.15, -0.1) is 0 Å². The maximum absolute atomic E-state index is 11.8. The summed E-state index contributed by atoms with van der Waals surface area (Å²) in [6.07, 6.45) is 1.44. The molecular formula is C12H11N3O2. The second-order valence-electron chi connectivity index (χ2n) is 3.45. The highest BCUT2D eigenvalue weighted by Gasteiger charge is 2.11. The zero-order valence-corrected chi connectivity index (χ0v) is 8.92. The van der Waals surface area contributed by atoms with Crippen molar-refractivity contribution in [3.8, 4) is 5.75 Å². The van der Waals surface area contributed by atoms with E-state index >= 15 is 0 Å². The van der Waals surface area contributed by atoms with Crippen molar-refractivity contribution in [2.24, 2.45) is 0 Å². The SMILES string of the molecule is Nc1cccc(NC(=O)c2ncccc2O)c1. The van der Waals surface area contributed by atoms with Crippen molar-refractivity contribution in [3.63, 3.8) is 0 Å². The number of hydrogen-bond donors (Lipinski definition) is 3. The quantitative estimate of drug-likeness (QED) is 0.683. The predicted molar refractivity (Wildman–Crippen MR) is 64.7 cm³/mol. The van der Waals surface area contributed by atoms with Crippen LogP contribution in [0.3, 0.4) is 0 Å². The van der Waals surface area contributed by atoms with Crippen LogP contribution in [-0.2, 0) is 0 Å². The normalized spacial score (nSPS) is 9.88. The van der Waals surface area contributed by atoms with Gasteiger partial charge in [0.1, 0.15) is 5.75 Å². The fourth-order valence-electron chi connectivity index (χ4n) is 1.38. The second kappa shape index (κ2) is 4.52. The fourth-order valence-corrected chi connectivity index (χ4v) is 1.38. The van der Waals surface area contributed by atoms with Crippen LogP contribution in [0.1, 0.15) is 10.5 Å². The maximum Gasteiger partial charge on any atom is 0.278 e. The van der Waals surface area contributed by atoms with E-state index in [0.717, 1.165) is 0 Å². The van der Waals surface area contributed by atoms with Crippen molar-refractivity contribution < 1.29 is 9.90 Å². The lowest BCUT2D eigenvalue weighted by Crippen LogP contribution is -2.13. The van der Waals surface area contributed by atoms with Gasteiger partial charge in [-0.3, -0.25) is 4.79 Å². The molecule has 1 aromatic heterocycles. The van der Waals surface area contributed by atoms with Crippen LogP contribution in [0, 0.1) is 0 Å². The van der Waals surface area contributed by atoms with E-state index in [1.165, 1.54) is 12.3 Å². The minimum atomic E-state index is -0.478. The van der Waals surface area contributed by atoms with Crippen LogP contribution in [0.15, 0.2) is 42.6 Å². The number of aromatic hydroxyl groups is 1. The number of rotatable bonds is 2. The lowest BCUT2D eigenvalue weighted by atomic mass is 10.2. The van der Waals surface area contributed by atoms with Crippen molar-refractivity contribution in [1.82, 2.24) is 4.98 Å². The molecule has 0 aliphatic heterocycles. The van der Waals surface area contributed by atoms with Gasteiger partial charge in [0, 0.05) is 17.6 Å². The van der Waals surface area contributed by atoms with E-state index in [1.807, 2.05) is 0 Å². The molecule has 0 radical (unpaired) electrons. The summed E-state index contributed by atoms with van der Waals surface area (Å²) in [4.78, 5) is 15.6. The van der Waals surface area contributed by atoms with E-state index < -0.39 is 5.91 Å². The summed E-state index contributed by atoms with van der Waals surface area (Å²) in [6, 6.07) is 9.72. The van der Waals surface area contributed by atoms with Gasteiger partial charge >= 0.3 is 0 Å². The van der Waals surface area contributed by atoms with E-state index in [-0.39, 0.29) is 11.4 Å². The molecule has 0 bridgehead atoms. The van der Waals surface area contributed by atoms with Crippen molar-refractivity contribution in [1.29, 1.82) is 0 Å². The van der Waals surface area contributed by atoms with Gasteiger partial charge in [0.05, 0.1) is 0 Å². The number of carbonyl (C=O) groups excluding carboxylic acids is 1. The molecule has 0 aliphatic rings. The van der Waals surface area contributed by atoms with Gasteiger partial charge in [0.15, 0.2) is 5.69 Å². The monoisotopic (exact) mass is 229 g/mol. The van der Waals surface area contributed by atoms with Gasteiger partial charge in [-0.1, -0.05) is 6.07 Å². The molecule has 4 N–H and O–H groups in total. The minimum Gasteiger partial charge on any atom is -0.505 e. The molecule has 0 aliphatic carbocycles. The molecule has 2 aromatic rings. The zero-order valence-electron chi connectivity index (χ0n) is 8.92. The fraction of sp³-hybridized carbons (Fsp3) is 0. The molecule has 2 rings (SSSR count). The summed E-state index contributed by atoms with van der Waals surface area (Å²) in [5.74, 6) is -0.636. The van der Waals surface area contributed by atoms with Crippen molar-refractivity contribution >= 4 is 17.3 Å². The summed E-state index contributed by atoms with van der Waals surface area (Å²) < 4.78 is 0. The number of nitrogens with one attached hydrogen (secondary N) is 1. The number of carbonyl (C=O) groups is 1. The number of nitrogens with zero attached hydrogens (tertiary/aromatic N) is 1. The van der Waals surface area contributed by atoms with Crippen molar-refractivity contribution in [2.75, 3.05) is 11.1 Å². The average molecular weight is 229 g/mol. The van der Waals surface area contributed by atoms with Crippen LogP contribution < -0.4 is 11.1 Å². The highest BCUT2D eigenvalue weighted by molar-refractivity contribution is 6.04. The number of aromatic nitrogens is 1. The number of anilines is 2. The van der Waals surface area contributed by atoms with Crippen LogP contribution in [-0.4, -0.2) is 16.0 Å². The second-order valence-corrected chi connectivity index (χ2v) is 3.45. The Morgan fingerprint density at radius 3 is 2.82 bits per heavy atom. The summed E-state index contributed by atoms with van der Waals surface area (Å²) in [5, 5.41) is 12.1. The first-order valence-corrected chi connectivity index (χ1v) is 4.97. The minimum absolute atomic E-state index is 0.0186. The maximum atomic E-state index is 11.8. The Morgan fingerprint density at radius 2 is 2.12 bits per heavy atom. The molecule has 0 saturated carbocycles. The van der Waals surface area contributed by atoms with Crippen molar-refractivity contribution in [2.45, 2.75) is 0 Å². The average Bonchev–Trinajstić information content (AvgIpc) is 2.29.